The lowest BCUT2D eigenvalue weighted by Gasteiger charge is -2.04. The van der Waals surface area contributed by atoms with Crippen LogP contribution in [-0.4, -0.2) is 37.1 Å². The number of ether oxygens (including phenoxy) is 1. The first-order chi connectivity index (χ1) is 10.7. The van der Waals surface area contributed by atoms with Crippen LogP contribution in [0.15, 0.2) is 18.5 Å². The highest BCUT2D eigenvalue weighted by atomic mass is 16.5. The van der Waals surface area contributed by atoms with E-state index in [9.17, 15) is 0 Å². The predicted octanol–water partition coefficient (Wildman–Crippen LogP) is 1.96. The maximum atomic E-state index is 5.06. The van der Waals surface area contributed by atoms with Crippen molar-refractivity contribution in [3.05, 3.63) is 18.5 Å². The van der Waals surface area contributed by atoms with Gasteiger partial charge in [0.1, 0.15) is 5.52 Å². The van der Waals surface area contributed by atoms with Gasteiger partial charge in [-0.2, -0.15) is 10.2 Å². The average molecular weight is 299 g/mol. The van der Waals surface area contributed by atoms with Gasteiger partial charge in [0, 0.05) is 12.6 Å². The topological polar surface area (TPSA) is 93.5 Å². The number of hydrogen-bond donors (Lipinski definition) is 2. The zero-order valence-electron chi connectivity index (χ0n) is 12.4. The molecule has 0 radical (unpaired) electrons. The SMILES string of the molecule is COc1cc(Nc2cnc3cnn(C[C@@H]4C[C@H]4C)c3n2)n[nH]1. The first-order valence-electron chi connectivity index (χ1n) is 7.28. The molecule has 0 spiro atoms. The molecule has 2 atom stereocenters. The van der Waals surface area contributed by atoms with Crippen LogP contribution in [0.25, 0.3) is 11.2 Å². The summed E-state index contributed by atoms with van der Waals surface area (Å²) in [5.41, 5.74) is 1.60. The van der Waals surface area contributed by atoms with Crippen molar-refractivity contribution in [2.75, 3.05) is 12.4 Å². The molecule has 0 amide bonds. The van der Waals surface area contributed by atoms with E-state index in [1.165, 1.54) is 6.42 Å². The Balaban J connectivity index is 1.59. The van der Waals surface area contributed by atoms with Gasteiger partial charge in [0.05, 0.1) is 19.5 Å². The van der Waals surface area contributed by atoms with E-state index in [1.54, 1.807) is 25.6 Å². The van der Waals surface area contributed by atoms with Gasteiger partial charge in [0.2, 0.25) is 5.88 Å². The van der Waals surface area contributed by atoms with Crippen LogP contribution in [0.3, 0.4) is 0 Å². The molecule has 3 aromatic rings. The Bertz CT molecular complexity index is 808. The van der Waals surface area contributed by atoms with Crippen LogP contribution in [0.5, 0.6) is 5.88 Å². The van der Waals surface area contributed by atoms with E-state index in [1.807, 2.05) is 4.68 Å². The fourth-order valence-corrected chi connectivity index (χ4v) is 2.52. The molecule has 0 aliphatic heterocycles. The Hall–Kier alpha value is -2.64. The van der Waals surface area contributed by atoms with Gasteiger partial charge in [-0.3, -0.25) is 0 Å². The maximum Gasteiger partial charge on any atom is 0.210 e. The highest BCUT2D eigenvalue weighted by Crippen LogP contribution is 2.39. The summed E-state index contributed by atoms with van der Waals surface area (Å²) in [7, 11) is 1.58. The van der Waals surface area contributed by atoms with Gasteiger partial charge in [0.25, 0.3) is 0 Å². The molecule has 114 valence electrons. The molecule has 1 saturated carbocycles. The highest BCUT2D eigenvalue weighted by molar-refractivity contribution is 5.71. The smallest absolute Gasteiger partial charge is 0.210 e. The number of rotatable bonds is 5. The molecule has 0 aromatic carbocycles. The molecule has 3 heterocycles. The summed E-state index contributed by atoms with van der Waals surface area (Å²) in [4.78, 5) is 9.00. The van der Waals surface area contributed by atoms with E-state index in [2.05, 4.69) is 37.5 Å². The fraction of sp³-hybridized carbons (Fsp3) is 0.429. The Morgan fingerprint density at radius 1 is 1.41 bits per heavy atom. The van der Waals surface area contributed by atoms with Crippen molar-refractivity contribution in [3.8, 4) is 5.88 Å². The largest absolute Gasteiger partial charge is 0.481 e. The van der Waals surface area contributed by atoms with Crippen LogP contribution in [0, 0.1) is 11.8 Å². The normalized spacial score (nSPS) is 20.3. The molecule has 8 heteroatoms. The summed E-state index contributed by atoms with van der Waals surface area (Å²) in [6, 6.07) is 1.76. The van der Waals surface area contributed by atoms with Crippen molar-refractivity contribution in [1.29, 1.82) is 0 Å². The number of fused-ring (bicyclic) bond motifs is 1. The van der Waals surface area contributed by atoms with Crippen molar-refractivity contribution < 1.29 is 4.74 Å². The third-order valence-electron chi connectivity index (χ3n) is 4.06. The van der Waals surface area contributed by atoms with Crippen LogP contribution in [0.4, 0.5) is 11.6 Å². The zero-order valence-corrected chi connectivity index (χ0v) is 12.4. The van der Waals surface area contributed by atoms with Gasteiger partial charge >= 0.3 is 0 Å². The van der Waals surface area contributed by atoms with Crippen molar-refractivity contribution >= 4 is 22.8 Å². The summed E-state index contributed by atoms with van der Waals surface area (Å²) in [5, 5.41) is 14.4. The third kappa shape index (κ3) is 2.36. The summed E-state index contributed by atoms with van der Waals surface area (Å²) >= 11 is 0. The third-order valence-corrected chi connectivity index (χ3v) is 4.06. The van der Waals surface area contributed by atoms with Crippen LogP contribution in [0.1, 0.15) is 13.3 Å². The van der Waals surface area contributed by atoms with Crippen LogP contribution in [-0.2, 0) is 6.54 Å². The minimum absolute atomic E-state index is 0.587. The quantitative estimate of drug-likeness (QED) is 0.748. The Labute approximate surface area is 126 Å². The number of anilines is 2. The Morgan fingerprint density at radius 2 is 2.27 bits per heavy atom. The second kappa shape index (κ2) is 4.97. The molecule has 0 unspecified atom stereocenters. The van der Waals surface area contributed by atoms with Crippen molar-refractivity contribution in [2.45, 2.75) is 19.9 Å². The lowest BCUT2D eigenvalue weighted by atomic mass is 10.3. The van der Waals surface area contributed by atoms with Crippen molar-refractivity contribution in [3.63, 3.8) is 0 Å². The van der Waals surface area contributed by atoms with Gasteiger partial charge in [-0.1, -0.05) is 6.92 Å². The number of hydrogen-bond acceptors (Lipinski definition) is 6. The van der Waals surface area contributed by atoms with E-state index in [0.717, 1.165) is 23.6 Å². The van der Waals surface area contributed by atoms with E-state index < -0.39 is 0 Å². The maximum absolute atomic E-state index is 5.06. The standard InChI is InChI=1S/C14H17N7O/c1-8-3-9(8)7-21-14-10(5-16-21)15-6-12(18-14)17-11-4-13(22-2)20-19-11/h4-6,8-9H,3,7H2,1-2H3,(H2,17,18,19,20)/t8-,9+/m1/s1. The zero-order chi connectivity index (χ0) is 15.1. The summed E-state index contributed by atoms with van der Waals surface area (Å²) in [5.74, 6) is 3.34. The molecule has 3 aromatic heterocycles. The second-order valence-corrected chi connectivity index (χ2v) is 5.71. The predicted molar refractivity (Wildman–Crippen MR) is 81.0 cm³/mol. The molecule has 1 aliphatic rings. The van der Waals surface area contributed by atoms with Gasteiger partial charge in [0.15, 0.2) is 17.3 Å². The van der Waals surface area contributed by atoms with Gasteiger partial charge in [-0.15, -0.1) is 0 Å². The summed E-state index contributed by atoms with van der Waals surface area (Å²) < 4.78 is 7.00. The molecule has 22 heavy (non-hydrogen) atoms. The molecule has 0 saturated heterocycles. The van der Waals surface area contributed by atoms with E-state index in [0.29, 0.717) is 23.4 Å². The van der Waals surface area contributed by atoms with Gasteiger partial charge in [-0.05, 0) is 18.3 Å². The van der Waals surface area contributed by atoms with E-state index in [4.69, 9.17) is 4.74 Å². The minimum Gasteiger partial charge on any atom is -0.481 e. The number of nitrogens with one attached hydrogen (secondary N) is 2. The number of aromatic nitrogens is 6. The highest BCUT2D eigenvalue weighted by Gasteiger charge is 2.33. The lowest BCUT2D eigenvalue weighted by molar-refractivity contribution is 0.397. The summed E-state index contributed by atoms with van der Waals surface area (Å²) in [6.07, 6.45) is 4.70. The summed E-state index contributed by atoms with van der Waals surface area (Å²) in [6.45, 7) is 3.17. The molecular weight excluding hydrogens is 282 g/mol. The van der Waals surface area contributed by atoms with Crippen LogP contribution < -0.4 is 10.1 Å². The van der Waals surface area contributed by atoms with Gasteiger partial charge in [-0.25, -0.2) is 19.7 Å². The van der Waals surface area contributed by atoms with Crippen molar-refractivity contribution in [1.82, 2.24) is 29.9 Å². The monoisotopic (exact) mass is 299 g/mol. The first-order valence-corrected chi connectivity index (χ1v) is 7.28. The molecule has 1 fully saturated rings. The second-order valence-electron chi connectivity index (χ2n) is 5.71. The number of H-pyrrole nitrogens is 1. The van der Waals surface area contributed by atoms with E-state index >= 15 is 0 Å². The number of nitrogens with zero attached hydrogens (tertiary/aromatic N) is 5. The van der Waals surface area contributed by atoms with E-state index in [-0.39, 0.29) is 0 Å². The molecule has 2 N–H and O–H groups in total. The number of methoxy groups -OCH3 is 1. The number of aromatic amines is 1. The minimum atomic E-state index is 0.587. The van der Waals surface area contributed by atoms with Crippen LogP contribution >= 0.6 is 0 Å². The molecule has 8 nitrogen and oxygen atoms in total. The van der Waals surface area contributed by atoms with Crippen LogP contribution in [0.2, 0.25) is 0 Å². The average Bonchev–Trinajstić information content (AvgIpc) is 2.92. The van der Waals surface area contributed by atoms with Crippen molar-refractivity contribution in [2.24, 2.45) is 11.8 Å². The first kappa shape index (κ1) is 13.1. The Morgan fingerprint density at radius 3 is 3.00 bits per heavy atom. The fourth-order valence-electron chi connectivity index (χ4n) is 2.52. The van der Waals surface area contributed by atoms with Gasteiger partial charge < -0.3 is 10.1 Å². The Kier molecular flexibility index (Phi) is 2.95. The molecule has 0 bridgehead atoms. The lowest BCUT2D eigenvalue weighted by Crippen LogP contribution is -2.05. The molecular formula is C14H17N7O. The molecule has 1 aliphatic carbocycles. The molecule has 4 rings (SSSR count).